The molecule has 0 aromatic heterocycles. The van der Waals surface area contributed by atoms with Gasteiger partial charge in [0.2, 0.25) is 0 Å². The van der Waals surface area contributed by atoms with E-state index in [-0.39, 0.29) is 5.97 Å². The van der Waals surface area contributed by atoms with Gasteiger partial charge in [-0.05, 0) is 18.3 Å². The second-order valence-corrected chi connectivity index (χ2v) is 7.85. The third kappa shape index (κ3) is 16.3. The standard InChI is InChI=1S/C22H44O2/c1-5-20(2)16-12-10-11-14-18-21(3)17-13-8-6-7-9-15-19-22(23)24-4/h20-21H,5-19H2,1-4H3. The normalized spacial score (nSPS) is 13.7. The highest BCUT2D eigenvalue weighted by atomic mass is 16.5. The van der Waals surface area contributed by atoms with Gasteiger partial charge in [0.15, 0.2) is 0 Å². The van der Waals surface area contributed by atoms with E-state index in [9.17, 15) is 4.79 Å². The van der Waals surface area contributed by atoms with Crippen LogP contribution >= 0.6 is 0 Å². The van der Waals surface area contributed by atoms with Gasteiger partial charge in [0, 0.05) is 6.42 Å². The Hall–Kier alpha value is -0.530. The maximum Gasteiger partial charge on any atom is 0.305 e. The number of hydrogen-bond acceptors (Lipinski definition) is 2. The van der Waals surface area contributed by atoms with Crippen molar-refractivity contribution in [3.63, 3.8) is 0 Å². The molecule has 0 radical (unpaired) electrons. The molecule has 0 aromatic rings. The van der Waals surface area contributed by atoms with Gasteiger partial charge >= 0.3 is 5.97 Å². The summed E-state index contributed by atoms with van der Waals surface area (Å²) in [6.45, 7) is 7.10. The van der Waals surface area contributed by atoms with Crippen molar-refractivity contribution in [2.45, 2.75) is 117 Å². The summed E-state index contributed by atoms with van der Waals surface area (Å²) in [7, 11) is 1.47. The van der Waals surface area contributed by atoms with Gasteiger partial charge in [-0.2, -0.15) is 0 Å². The van der Waals surface area contributed by atoms with Crippen LogP contribution < -0.4 is 0 Å². The minimum Gasteiger partial charge on any atom is -0.469 e. The lowest BCUT2D eigenvalue weighted by Crippen LogP contribution is -1.99. The number of hydrogen-bond donors (Lipinski definition) is 0. The first-order valence-corrected chi connectivity index (χ1v) is 10.7. The van der Waals surface area contributed by atoms with Crippen molar-refractivity contribution >= 4 is 5.97 Å². The zero-order chi connectivity index (χ0) is 18.0. The van der Waals surface area contributed by atoms with Gasteiger partial charge in [-0.1, -0.05) is 104 Å². The molecule has 0 fully saturated rings. The van der Waals surface area contributed by atoms with Crippen LogP contribution in [0.25, 0.3) is 0 Å². The van der Waals surface area contributed by atoms with Gasteiger partial charge in [0.1, 0.15) is 0 Å². The number of unbranched alkanes of at least 4 members (excludes halogenated alkanes) is 8. The van der Waals surface area contributed by atoms with Crippen molar-refractivity contribution in [3.05, 3.63) is 0 Å². The average Bonchev–Trinajstić information content (AvgIpc) is 2.59. The Kier molecular flexibility index (Phi) is 16.9. The minimum absolute atomic E-state index is 0.0660. The molecule has 0 aliphatic rings. The van der Waals surface area contributed by atoms with Crippen molar-refractivity contribution in [1.82, 2.24) is 0 Å². The molecule has 0 amide bonds. The van der Waals surface area contributed by atoms with Gasteiger partial charge in [-0.25, -0.2) is 0 Å². The third-order valence-corrected chi connectivity index (χ3v) is 5.40. The first-order chi connectivity index (χ1) is 11.6. The molecule has 2 heteroatoms. The van der Waals surface area contributed by atoms with Gasteiger partial charge in [-0.3, -0.25) is 4.79 Å². The number of esters is 1. The maximum atomic E-state index is 11.0. The monoisotopic (exact) mass is 340 g/mol. The zero-order valence-electron chi connectivity index (χ0n) is 17.1. The van der Waals surface area contributed by atoms with E-state index >= 15 is 0 Å². The highest BCUT2D eigenvalue weighted by molar-refractivity contribution is 5.68. The highest BCUT2D eigenvalue weighted by Crippen LogP contribution is 2.19. The van der Waals surface area contributed by atoms with Crippen LogP contribution in [-0.2, 0) is 9.53 Å². The average molecular weight is 341 g/mol. The first kappa shape index (κ1) is 23.5. The predicted molar refractivity (Wildman–Crippen MR) is 105 cm³/mol. The molecule has 0 aromatic carbocycles. The molecule has 0 spiro atoms. The quantitative estimate of drug-likeness (QED) is 0.205. The zero-order valence-corrected chi connectivity index (χ0v) is 17.1. The second-order valence-electron chi connectivity index (χ2n) is 7.85. The number of carbonyl (C=O) groups is 1. The Morgan fingerprint density at radius 2 is 1.12 bits per heavy atom. The SMILES string of the molecule is CCC(C)CCCCCCC(C)CCCCCCCCC(=O)OC. The Labute approximate surface area is 152 Å². The van der Waals surface area contributed by atoms with Crippen molar-refractivity contribution in [2.24, 2.45) is 11.8 Å². The highest BCUT2D eigenvalue weighted by Gasteiger charge is 2.03. The lowest BCUT2D eigenvalue weighted by molar-refractivity contribution is -0.140. The first-order valence-electron chi connectivity index (χ1n) is 10.7. The molecule has 0 bridgehead atoms. The Balaban J connectivity index is 3.23. The molecule has 0 heterocycles. The summed E-state index contributed by atoms with van der Waals surface area (Å²) < 4.78 is 4.65. The van der Waals surface area contributed by atoms with Crippen molar-refractivity contribution < 1.29 is 9.53 Å². The molecular weight excluding hydrogens is 296 g/mol. The molecule has 0 aliphatic carbocycles. The van der Waals surface area contributed by atoms with E-state index in [4.69, 9.17) is 0 Å². The van der Waals surface area contributed by atoms with Crippen LogP contribution in [0.3, 0.4) is 0 Å². The van der Waals surface area contributed by atoms with Crippen LogP contribution in [0, 0.1) is 11.8 Å². The lowest BCUT2D eigenvalue weighted by Gasteiger charge is -2.11. The van der Waals surface area contributed by atoms with E-state index < -0.39 is 0 Å². The molecule has 144 valence electrons. The summed E-state index contributed by atoms with van der Waals surface area (Å²) in [5, 5.41) is 0. The molecule has 2 atom stereocenters. The number of carbonyl (C=O) groups excluding carboxylic acids is 1. The van der Waals surface area contributed by atoms with E-state index in [0.29, 0.717) is 6.42 Å². The summed E-state index contributed by atoms with van der Waals surface area (Å²) in [5.41, 5.74) is 0. The summed E-state index contributed by atoms with van der Waals surface area (Å²) >= 11 is 0. The smallest absolute Gasteiger partial charge is 0.305 e. The van der Waals surface area contributed by atoms with E-state index in [2.05, 4.69) is 25.5 Å². The number of ether oxygens (including phenoxy) is 1. The molecule has 0 aliphatic heterocycles. The van der Waals surface area contributed by atoms with Crippen molar-refractivity contribution in [2.75, 3.05) is 7.11 Å². The number of rotatable bonds is 17. The number of methoxy groups -OCH3 is 1. The van der Waals surface area contributed by atoms with E-state index in [0.717, 1.165) is 18.3 Å². The van der Waals surface area contributed by atoms with E-state index in [1.165, 1.54) is 90.6 Å². The molecular formula is C22H44O2. The Morgan fingerprint density at radius 1 is 0.708 bits per heavy atom. The van der Waals surface area contributed by atoms with Crippen molar-refractivity contribution in [1.29, 1.82) is 0 Å². The molecule has 0 saturated carbocycles. The summed E-state index contributed by atoms with van der Waals surface area (Å²) in [6.07, 6.45) is 19.4. The lowest BCUT2D eigenvalue weighted by atomic mass is 9.95. The fourth-order valence-corrected chi connectivity index (χ4v) is 3.26. The Bertz CT molecular complexity index is 275. The largest absolute Gasteiger partial charge is 0.469 e. The Morgan fingerprint density at radius 3 is 1.58 bits per heavy atom. The molecule has 2 unspecified atom stereocenters. The van der Waals surface area contributed by atoms with E-state index in [1.54, 1.807) is 0 Å². The molecule has 0 saturated heterocycles. The minimum atomic E-state index is -0.0660. The molecule has 2 nitrogen and oxygen atoms in total. The maximum absolute atomic E-state index is 11.0. The van der Waals surface area contributed by atoms with Crippen LogP contribution in [-0.4, -0.2) is 13.1 Å². The second kappa shape index (κ2) is 17.3. The third-order valence-electron chi connectivity index (χ3n) is 5.40. The van der Waals surface area contributed by atoms with Gasteiger partial charge in [0.25, 0.3) is 0 Å². The van der Waals surface area contributed by atoms with Gasteiger partial charge < -0.3 is 4.74 Å². The summed E-state index contributed by atoms with van der Waals surface area (Å²) in [4.78, 5) is 11.0. The van der Waals surface area contributed by atoms with Gasteiger partial charge in [-0.15, -0.1) is 0 Å². The summed E-state index contributed by atoms with van der Waals surface area (Å²) in [6, 6.07) is 0. The van der Waals surface area contributed by atoms with Crippen LogP contribution in [0.4, 0.5) is 0 Å². The van der Waals surface area contributed by atoms with Crippen LogP contribution in [0.1, 0.15) is 117 Å². The van der Waals surface area contributed by atoms with Crippen molar-refractivity contribution in [3.8, 4) is 0 Å². The van der Waals surface area contributed by atoms with Gasteiger partial charge in [0.05, 0.1) is 7.11 Å². The fourth-order valence-electron chi connectivity index (χ4n) is 3.26. The topological polar surface area (TPSA) is 26.3 Å². The van der Waals surface area contributed by atoms with Crippen LogP contribution in [0.15, 0.2) is 0 Å². The fraction of sp³-hybridized carbons (Fsp3) is 0.955. The van der Waals surface area contributed by atoms with Crippen LogP contribution in [0.2, 0.25) is 0 Å². The molecule has 0 N–H and O–H groups in total. The molecule has 24 heavy (non-hydrogen) atoms. The van der Waals surface area contributed by atoms with E-state index in [1.807, 2.05) is 0 Å². The summed E-state index contributed by atoms with van der Waals surface area (Å²) in [5.74, 6) is 1.76. The molecule has 0 rings (SSSR count). The predicted octanol–water partition coefficient (Wildman–Crippen LogP) is 7.30. The van der Waals surface area contributed by atoms with Crippen LogP contribution in [0.5, 0.6) is 0 Å².